The molecule has 0 radical (unpaired) electrons. The lowest BCUT2D eigenvalue weighted by molar-refractivity contribution is 0.414. The smallest absolute Gasteiger partial charge is 0.119 e. The Bertz CT molecular complexity index is 2150. The fourth-order valence-electron chi connectivity index (χ4n) is 7.65. The number of hydrogen-bond donors (Lipinski definition) is 0. The molecule has 1 atom stereocenters. The Labute approximate surface area is 232 Å². The van der Waals surface area contributed by atoms with Crippen molar-refractivity contribution in [1.29, 1.82) is 0 Å². The Hall–Kier alpha value is -5.08. The van der Waals surface area contributed by atoms with Crippen LogP contribution < -0.4 is 4.74 Å². The average Bonchev–Trinajstić information content (AvgIpc) is 3.62. The summed E-state index contributed by atoms with van der Waals surface area (Å²) in [6.45, 7) is 0. The minimum absolute atomic E-state index is 0.406. The summed E-state index contributed by atoms with van der Waals surface area (Å²) in [4.78, 5) is 0. The Kier molecular flexibility index (Phi) is 4.22. The zero-order valence-corrected chi connectivity index (χ0v) is 22.1. The van der Waals surface area contributed by atoms with Gasteiger partial charge < -0.3 is 9.30 Å². The highest BCUT2D eigenvalue weighted by Crippen LogP contribution is 2.64. The van der Waals surface area contributed by atoms with Gasteiger partial charge in [0.1, 0.15) is 5.75 Å². The van der Waals surface area contributed by atoms with Crippen molar-refractivity contribution in [3.05, 3.63) is 156 Å². The first-order valence-corrected chi connectivity index (χ1v) is 13.8. The van der Waals surface area contributed by atoms with Gasteiger partial charge in [0.2, 0.25) is 0 Å². The summed E-state index contributed by atoms with van der Waals surface area (Å²) in [5.74, 6) is 0.888. The number of ether oxygens (including phenoxy) is 1. The van der Waals surface area contributed by atoms with Crippen molar-refractivity contribution < 1.29 is 4.74 Å². The maximum absolute atomic E-state index is 5.79. The molecule has 0 saturated carbocycles. The van der Waals surface area contributed by atoms with Gasteiger partial charge in [-0.3, -0.25) is 0 Å². The Balaban J connectivity index is 1.50. The van der Waals surface area contributed by atoms with Crippen LogP contribution in [0.2, 0.25) is 0 Å². The van der Waals surface area contributed by atoms with Crippen molar-refractivity contribution in [3.63, 3.8) is 0 Å². The van der Waals surface area contributed by atoms with E-state index < -0.39 is 5.41 Å². The number of para-hydroxylation sites is 2. The normalized spacial score (nSPS) is 16.2. The van der Waals surface area contributed by atoms with Crippen LogP contribution in [0, 0.1) is 0 Å². The molecule has 188 valence electrons. The Morgan fingerprint density at radius 1 is 0.525 bits per heavy atom. The summed E-state index contributed by atoms with van der Waals surface area (Å²) in [6.07, 6.45) is 0. The monoisotopic (exact) mass is 511 g/mol. The molecule has 1 unspecified atom stereocenters. The number of methoxy groups -OCH3 is 1. The number of fused-ring (bicyclic) bond motifs is 14. The van der Waals surface area contributed by atoms with E-state index in [2.05, 4.69) is 138 Å². The topological polar surface area (TPSA) is 14.2 Å². The predicted octanol–water partition coefficient (Wildman–Crippen LogP) is 9.14. The van der Waals surface area contributed by atoms with Crippen molar-refractivity contribution in [1.82, 2.24) is 4.57 Å². The van der Waals surface area contributed by atoms with E-state index in [0.717, 1.165) is 5.75 Å². The maximum atomic E-state index is 5.79. The van der Waals surface area contributed by atoms with Gasteiger partial charge in [0, 0.05) is 16.5 Å². The van der Waals surface area contributed by atoms with Gasteiger partial charge in [-0.2, -0.15) is 0 Å². The molecule has 0 amide bonds. The molecule has 2 aliphatic rings. The van der Waals surface area contributed by atoms with E-state index in [1.54, 1.807) is 7.11 Å². The third kappa shape index (κ3) is 2.50. The molecule has 40 heavy (non-hydrogen) atoms. The van der Waals surface area contributed by atoms with E-state index >= 15 is 0 Å². The maximum Gasteiger partial charge on any atom is 0.119 e. The van der Waals surface area contributed by atoms with E-state index in [1.807, 2.05) is 0 Å². The van der Waals surface area contributed by atoms with Crippen molar-refractivity contribution >= 4 is 21.8 Å². The molecule has 7 aromatic rings. The van der Waals surface area contributed by atoms with Gasteiger partial charge in [-0.15, -0.1) is 0 Å². The molecule has 0 aliphatic heterocycles. The lowest BCUT2D eigenvalue weighted by Crippen LogP contribution is -2.25. The minimum atomic E-state index is -0.406. The molecule has 0 bridgehead atoms. The standard InChI is InChI=1S/C38H25NO/c1-40-25-19-20-27-26-13-5-8-16-30(26)38(33(27)23-25)31-17-9-6-14-28(31)36-32(38)21-22-35-37(36)29-15-7-10-18-34(29)39(35)24-11-3-2-4-12-24/h2-23H,1H3. The summed E-state index contributed by atoms with van der Waals surface area (Å²) in [5.41, 5.74) is 13.8. The molecule has 2 nitrogen and oxygen atoms in total. The molecule has 2 aliphatic carbocycles. The Morgan fingerprint density at radius 2 is 1.20 bits per heavy atom. The predicted molar refractivity (Wildman–Crippen MR) is 164 cm³/mol. The molecule has 2 heteroatoms. The third-order valence-electron chi connectivity index (χ3n) is 9.11. The minimum Gasteiger partial charge on any atom is -0.497 e. The lowest BCUT2D eigenvalue weighted by Gasteiger charge is -2.30. The van der Waals surface area contributed by atoms with Gasteiger partial charge in [-0.1, -0.05) is 97.1 Å². The highest BCUT2D eigenvalue weighted by Gasteiger charge is 2.52. The number of benzene rings is 6. The number of hydrogen-bond acceptors (Lipinski definition) is 1. The van der Waals surface area contributed by atoms with Crippen molar-refractivity contribution in [2.45, 2.75) is 5.41 Å². The van der Waals surface area contributed by atoms with Crippen LogP contribution in [-0.4, -0.2) is 11.7 Å². The second-order valence-electron chi connectivity index (χ2n) is 10.8. The second-order valence-corrected chi connectivity index (χ2v) is 10.8. The fraction of sp³-hybridized carbons (Fsp3) is 0.0526. The largest absolute Gasteiger partial charge is 0.497 e. The van der Waals surface area contributed by atoms with Gasteiger partial charge >= 0.3 is 0 Å². The van der Waals surface area contributed by atoms with E-state index in [1.165, 1.54) is 72.0 Å². The van der Waals surface area contributed by atoms with E-state index in [0.29, 0.717) is 0 Å². The zero-order valence-electron chi connectivity index (χ0n) is 22.1. The highest BCUT2D eigenvalue weighted by molar-refractivity contribution is 6.18. The summed E-state index contributed by atoms with van der Waals surface area (Å²) in [7, 11) is 1.76. The molecule has 0 saturated heterocycles. The van der Waals surface area contributed by atoms with Crippen molar-refractivity contribution in [2.75, 3.05) is 7.11 Å². The molecule has 0 fully saturated rings. The summed E-state index contributed by atoms with van der Waals surface area (Å²) in [5, 5.41) is 2.59. The molecule has 1 aromatic heterocycles. The molecular weight excluding hydrogens is 486 g/mol. The molecule has 1 spiro atoms. The Morgan fingerprint density at radius 3 is 2.02 bits per heavy atom. The first-order chi connectivity index (χ1) is 19.8. The van der Waals surface area contributed by atoms with Gasteiger partial charge in [-0.05, 0) is 80.9 Å². The number of nitrogens with zero attached hydrogens (tertiary/aromatic N) is 1. The first-order valence-electron chi connectivity index (χ1n) is 13.8. The highest BCUT2D eigenvalue weighted by atomic mass is 16.5. The molecule has 0 N–H and O–H groups in total. The van der Waals surface area contributed by atoms with E-state index in [4.69, 9.17) is 4.74 Å². The lowest BCUT2D eigenvalue weighted by atomic mass is 9.70. The fourth-order valence-corrected chi connectivity index (χ4v) is 7.65. The van der Waals surface area contributed by atoms with Crippen LogP contribution in [-0.2, 0) is 5.41 Å². The van der Waals surface area contributed by atoms with Gasteiger partial charge in [0.15, 0.2) is 0 Å². The van der Waals surface area contributed by atoms with Crippen LogP contribution in [0.15, 0.2) is 133 Å². The van der Waals surface area contributed by atoms with Crippen LogP contribution in [0.25, 0.3) is 49.7 Å². The van der Waals surface area contributed by atoms with Crippen LogP contribution in [0.1, 0.15) is 22.3 Å². The second kappa shape index (κ2) is 7.74. The van der Waals surface area contributed by atoms with Crippen molar-refractivity contribution in [3.8, 4) is 33.7 Å². The average molecular weight is 512 g/mol. The quantitative estimate of drug-likeness (QED) is 0.226. The van der Waals surface area contributed by atoms with Gasteiger partial charge in [-0.25, -0.2) is 0 Å². The van der Waals surface area contributed by atoms with Crippen LogP contribution in [0.5, 0.6) is 5.75 Å². The summed E-state index contributed by atoms with van der Waals surface area (Å²) in [6, 6.07) is 48.8. The third-order valence-corrected chi connectivity index (χ3v) is 9.11. The zero-order chi connectivity index (χ0) is 26.4. The molecule has 9 rings (SSSR count). The SMILES string of the molecule is COc1ccc2c(c1)C1(c3ccccc3-2)c2ccccc2-c2c1ccc1c2c2ccccc2n1-c1ccccc1. The molecular formula is C38H25NO. The molecule has 6 aromatic carbocycles. The van der Waals surface area contributed by atoms with Crippen LogP contribution in [0.4, 0.5) is 0 Å². The van der Waals surface area contributed by atoms with Gasteiger partial charge in [0.05, 0.1) is 23.6 Å². The van der Waals surface area contributed by atoms with Crippen LogP contribution in [0.3, 0.4) is 0 Å². The molecule has 1 heterocycles. The summed E-state index contributed by atoms with van der Waals surface area (Å²) < 4.78 is 8.21. The van der Waals surface area contributed by atoms with Crippen LogP contribution >= 0.6 is 0 Å². The number of aromatic nitrogens is 1. The van der Waals surface area contributed by atoms with E-state index in [-0.39, 0.29) is 0 Å². The van der Waals surface area contributed by atoms with Gasteiger partial charge in [0.25, 0.3) is 0 Å². The van der Waals surface area contributed by atoms with Crippen molar-refractivity contribution in [2.24, 2.45) is 0 Å². The van der Waals surface area contributed by atoms with E-state index in [9.17, 15) is 0 Å². The summed E-state index contributed by atoms with van der Waals surface area (Å²) >= 11 is 0. The first kappa shape index (κ1) is 21.8. The number of rotatable bonds is 2.